The molecule has 20 heavy (non-hydrogen) atoms. The monoisotopic (exact) mass is 397 g/mol. The van der Waals surface area contributed by atoms with E-state index >= 15 is 0 Å². The van der Waals surface area contributed by atoms with Gasteiger partial charge in [0.25, 0.3) is 0 Å². The Morgan fingerprint density at radius 2 is 1.05 bits per heavy atom. The third kappa shape index (κ3) is 9.59. The minimum atomic E-state index is 0. The highest BCUT2D eigenvalue weighted by Crippen LogP contribution is 2.34. The van der Waals surface area contributed by atoms with Gasteiger partial charge in [0.1, 0.15) is 0 Å². The van der Waals surface area contributed by atoms with E-state index in [9.17, 15) is 0 Å². The zero-order valence-corrected chi connectivity index (χ0v) is 16.9. The first-order chi connectivity index (χ1) is 9.14. The predicted octanol–water partition coefficient (Wildman–Crippen LogP) is 6.68. The minimum absolute atomic E-state index is 0. The van der Waals surface area contributed by atoms with Crippen LogP contribution in [0.3, 0.4) is 0 Å². The highest BCUT2D eigenvalue weighted by Gasteiger charge is 2.32. The number of nitrogens with two attached hydrogens (primary N) is 1. The Balaban J connectivity index is 0. The molecule has 0 aromatic rings. The summed E-state index contributed by atoms with van der Waals surface area (Å²) in [7, 11) is 0. The van der Waals surface area contributed by atoms with Crippen LogP contribution in [-0.2, 0) is 0 Å². The molecule has 0 unspecified atom stereocenters. The normalized spacial score (nSPS) is 11.7. The highest BCUT2D eigenvalue weighted by molar-refractivity contribution is 14.0. The fraction of sp³-hybridized carbons (Fsp3) is 1.00. The zero-order chi connectivity index (χ0) is 14.6. The Kier molecular flexibility index (Phi) is 16.8. The Morgan fingerprint density at radius 1 is 0.700 bits per heavy atom. The average Bonchev–Trinajstić information content (AvgIpc) is 2.43. The number of hydrogen-bond acceptors (Lipinski definition) is 1. The molecule has 1 nitrogen and oxygen atoms in total. The molecule has 2 heteroatoms. The van der Waals surface area contributed by atoms with E-state index in [0.29, 0.717) is 0 Å². The number of halogens is 1. The second-order valence-corrected chi connectivity index (χ2v) is 6.42. The van der Waals surface area contributed by atoms with Gasteiger partial charge in [-0.15, -0.1) is 24.0 Å². The van der Waals surface area contributed by atoms with Gasteiger partial charge in [0.2, 0.25) is 0 Å². The molecular formula is C18H40IN. The van der Waals surface area contributed by atoms with Crippen molar-refractivity contribution in [3.8, 4) is 0 Å². The van der Waals surface area contributed by atoms with Crippen molar-refractivity contribution in [1.82, 2.24) is 0 Å². The Bertz CT molecular complexity index is 178. The fourth-order valence-electron chi connectivity index (χ4n) is 3.17. The van der Waals surface area contributed by atoms with Crippen molar-refractivity contribution in [2.75, 3.05) is 0 Å². The highest BCUT2D eigenvalue weighted by atomic mass is 127. The first kappa shape index (κ1) is 23.0. The van der Waals surface area contributed by atoms with Crippen molar-refractivity contribution < 1.29 is 0 Å². The summed E-state index contributed by atoms with van der Waals surface area (Å²) >= 11 is 0. The molecule has 0 amide bonds. The Morgan fingerprint density at radius 3 is 1.35 bits per heavy atom. The molecule has 0 saturated carbocycles. The summed E-state index contributed by atoms with van der Waals surface area (Å²) < 4.78 is 0. The average molecular weight is 397 g/mol. The van der Waals surface area contributed by atoms with Crippen LogP contribution in [0, 0.1) is 5.92 Å². The van der Waals surface area contributed by atoms with Gasteiger partial charge in [0.05, 0.1) is 0 Å². The molecular weight excluding hydrogens is 357 g/mol. The van der Waals surface area contributed by atoms with Gasteiger partial charge in [0.15, 0.2) is 0 Å². The second-order valence-electron chi connectivity index (χ2n) is 6.42. The van der Waals surface area contributed by atoms with Crippen LogP contribution in [-0.4, -0.2) is 5.54 Å². The van der Waals surface area contributed by atoms with Crippen molar-refractivity contribution in [3.63, 3.8) is 0 Å². The van der Waals surface area contributed by atoms with Gasteiger partial charge in [0, 0.05) is 5.54 Å². The number of hydrogen-bond donors (Lipinski definition) is 1. The first-order valence-electron chi connectivity index (χ1n) is 8.93. The van der Waals surface area contributed by atoms with Crippen molar-refractivity contribution in [2.45, 2.75) is 110 Å². The summed E-state index contributed by atoms with van der Waals surface area (Å²) in [6, 6.07) is 0. The van der Waals surface area contributed by atoms with E-state index in [-0.39, 0.29) is 29.5 Å². The van der Waals surface area contributed by atoms with Crippen molar-refractivity contribution in [2.24, 2.45) is 11.7 Å². The molecule has 124 valence electrons. The molecule has 0 spiro atoms. The maximum atomic E-state index is 6.90. The molecule has 0 fully saturated rings. The van der Waals surface area contributed by atoms with E-state index in [1.807, 2.05) is 0 Å². The molecule has 0 radical (unpaired) electrons. The molecule has 0 bridgehead atoms. The lowest BCUT2D eigenvalue weighted by molar-refractivity contribution is 0.194. The van der Waals surface area contributed by atoms with E-state index in [1.165, 1.54) is 77.0 Å². The molecule has 0 aliphatic carbocycles. The van der Waals surface area contributed by atoms with Gasteiger partial charge >= 0.3 is 0 Å². The third-order valence-corrected chi connectivity index (χ3v) is 4.62. The smallest absolute Gasteiger partial charge is 0.0182 e. The molecule has 0 atom stereocenters. The van der Waals surface area contributed by atoms with Crippen LogP contribution in [0.2, 0.25) is 0 Å². The summed E-state index contributed by atoms with van der Waals surface area (Å²) in [5.41, 5.74) is 7.02. The lowest BCUT2D eigenvalue weighted by Gasteiger charge is -2.38. The second kappa shape index (κ2) is 14.6. The van der Waals surface area contributed by atoms with Crippen molar-refractivity contribution in [3.05, 3.63) is 0 Å². The topological polar surface area (TPSA) is 26.0 Å². The molecule has 0 rings (SSSR count). The summed E-state index contributed by atoms with van der Waals surface area (Å²) in [6.45, 7) is 9.17. The molecule has 0 aliphatic rings. The van der Waals surface area contributed by atoms with Crippen LogP contribution in [0.4, 0.5) is 0 Å². The van der Waals surface area contributed by atoms with Crippen LogP contribution in [0.5, 0.6) is 0 Å². The Labute approximate surface area is 145 Å². The Hall–Kier alpha value is 0.690. The van der Waals surface area contributed by atoms with Crippen LogP contribution >= 0.6 is 24.0 Å². The first-order valence-corrected chi connectivity index (χ1v) is 8.93. The summed E-state index contributed by atoms with van der Waals surface area (Å²) in [5, 5.41) is 0. The van der Waals surface area contributed by atoms with Gasteiger partial charge in [-0.25, -0.2) is 0 Å². The predicted molar refractivity (Wildman–Crippen MR) is 104 cm³/mol. The van der Waals surface area contributed by atoms with Gasteiger partial charge < -0.3 is 5.73 Å². The van der Waals surface area contributed by atoms with Crippen LogP contribution in [0.1, 0.15) is 105 Å². The van der Waals surface area contributed by atoms with Crippen LogP contribution in [0.25, 0.3) is 0 Å². The van der Waals surface area contributed by atoms with Gasteiger partial charge in [-0.3, -0.25) is 0 Å². The largest absolute Gasteiger partial charge is 0.325 e. The molecule has 2 N–H and O–H groups in total. The number of unbranched alkanes of at least 4 members (excludes halogenated alkanes) is 4. The summed E-state index contributed by atoms with van der Waals surface area (Å²) in [4.78, 5) is 0. The van der Waals surface area contributed by atoms with Gasteiger partial charge in [-0.2, -0.15) is 0 Å². The van der Waals surface area contributed by atoms with E-state index in [2.05, 4.69) is 27.7 Å². The maximum absolute atomic E-state index is 6.90. The molecule has 0 aliphatic heterocycles. The van der Waals surface area contributed by atoms with Gasteiger partial charge in [-0.1, -0.05) is 79.1 Å². The standard InChI is InChI=1S/C18H39N.HI/c1-5-9-13-17(14-10-6-2)18(19,15-11-7-3)16-12-8-4;/h17H,5-16,19H2,1-4H3;1H. The van der Waals surface area contributed by atoms with E-state index in [0.717, 1.165) is 5.92 Å². The van der Waals surface area contributed by atoms with Crippen molar-refractivity contribution in [1.29, 1.82) is 0 Å². The molecule has 0 aromatic carbocycles. The fourth-order valence-corrected chi connectivity index (χ4v) is 3.17. The van der Waals surface area contributed by atoms with E-state index in [1.54, 1.807) is 0 Å². The molecule has 0 aromatic heterocycles. The lowest BCUT2D eigenvalue weighted by Crippen LogP contribution is -2.47. The van der Waals surface area contributed by atoms with Crippen molar-refractivity contribution >= 4 is 24.0 Å². The third-order valence-electron chi connectivity index (χ3n) is 4.62. The molecule has 0 saturated heterocycles. The summed E-state index contributed by atoms with van der Waals surface area (Å²) in [5.74, 6) is 0.755. The van der Waals surface area contributed by atoms with Crippen LogP contribution in [0.15, 0.2) is 0 Å². The van der Waals surface area contributed by atoms with Gasteiger partial charge in [-0.05, 0) is 31.6 Å². The summed E-state index contributed by atoms with van der Waals surface area (Å²) in [6.07, 6.45) is 15.6. The minimum Gasteiger partial charge on any atom is -0.325 e. The van der Waals surface area contributed by atoms with Crippen LogP contribution < -0.4 is 5.73 Å². The maximum Gasteiger partial charge on any atom is 0.0182 e. The quantitative estimate of drug-likeness (QED) is 0.345. The van der Waals surface area contributed by atoms with E-state index in [4.69, 9.17) is 5.73 Å². The molecule has 0 heterocycles. The lowest BCUT2D eigenvalue weighted by atomic mass is 9.72. The SMILES string of the molecule is CCCCC(CCCC)C(N)(CCCC)CCCC.I. The zero-order valence-electron chi connectivity index (χ0n) is 14.5. The van der Waals surface area contributed by atoms with E-state index < -0.39 is 0 Å². The number of rotatable bonds is 13.